The summed E-state index contributed by atoms with van der Waals surface area (Å²) < 4.78 is 13.4. The molecule has 1 N–H and O–H groups in total. The van der Waals surface area contributed by atoms with Gasteiger partial charge in [0.05, 0.1) is 30.5 Å². The molecule has 0 aliphatic carbocycles. The molecular weight excluding hydrogens is 389 g/mol. The topological polar surface area (TPSA) is 59.8 Å². The van der Waals surface area contributed by atoms with Crippen LogP contribution in [0.2, 0.25) is 5.02 Å². The van der Waals surface area contributed by atoms with E-state index in [2.05, 4.69) is 10.00 Å². The molecule has 2 unspecified atom stereocenters. The number of hydrogen-bond donors (Lipinski definition) is 1. The summed E-state index contributed by atoms with van der Waals surface area (Å²) in [5.41, 5.74) is 2.22. The maximum absolute atomic E-state index is 10.3. The third kappa shape index (κ3) is 6.66. The highest BCUT2D eigenvalue weighted by Crippen LogP contribution is 2.25. The lowest BCUT2D eigenvalue weighted by Crippen LogP contribution is -2.47. The highest BCUT2D eigenvalue weighted by Gasteiger charge is 2.23. The fourth-order valence-electron chi connectivity index (χ4n) is 3.09. The molecule has 1 fully saturated rings. The van der Waals surface area contributed by atoms with Gasteiger partial charge in [0.2, 0.25) is 0 Å². The quantitative estimate of drug-likeness (QED) is 0.752. The molecule has 150 valence electrons. The number of β-amino-alcohol motifs (C(OH)–C–C–N with tert-alkyl or cyclic N) is 1. The maximum Gasteiger partial charge on any atom is 0.138 e. The number of halogens is 2. The van der Waals surface area contributed by atoms with Gasteiger partial charge in [0.1, 0.15) is 18.5 Å². The molecule has 0 amide bonds. The third-order valence-electron chi connectivity index (χ3n) is 4.36. The van der Waals surface area contributed by atoms with E-state index >= 15 is 0 Å². The van der Waals surface area contributed by atoms with E-state index in [1.54, 1.807) is 0 Å². The number of nitrogens with zero attached hydrogens (tertiary/aromatic N) is 3. The predicted molar refractivity (Wildman–Crippen MR) is 108 cm³/mol. The summed E-state index contributed by atoms with van der Waals surface area (Å²) in [5.74, 6) is 0.602. The zero-order chi connectivity index (χ0) is 18.5. The van der Waals surface area contributed by atoms with Crippen molar-refractivity contribution in [3.63, 3.8) is 0 Å². The van der Waals surface area contributed by atoms with Gasteiger partial charge >= 0.3 is 0 Å². The van der Waals surface area contributed by atoms with E-state index in [-0.39, 0.29) is 25.1 Å². The van der Waals surface area contributed by atoms with Crippen LogP contribution in [0.3, 0.4) is 0 Å². The van der Waals surface area contributed by atoms with Gasteiger partial charge in [-0.15, -0.1) is 12.4 Å². The molecule has 2 aromatic rings. The Bertz CT molecular complexity index is 726. The molecule has 3 rings (SSSR count). The summed E-state index contributed by atoms with van der Waals surface area (Å²) in [4.78, 5) is 2.20. The number of benzene rings is 1. The van der Waals surface area contributed by atoms with Gasteiger partial charge in [-0.05, 0) is 37.1 Å². The van der Waals surface area contributed by atoms with E-state index < -0.39 is 6.10 Å². The predicted octanol–water partition coefficient (Wildman–Crippen LogP) is 2.72. The Balaban J connectivity index is 0.00000261. The molecule has 2 atom stereocenters. The summed E-state index contributed by atoms with van der Waals surface area (Å²) in [7, 11) is 0. The van der Waals surface area contributed by atoms with E-state index in [1.807, 2.05) is 49.1 Å². The molecule has 0 bridgehead atoms. The summed E-state index contributed by atoms with van der Waals surface area (Å²) in [6.07, 6.45) is 3.34. The molecule has 6 nitrogen and oxygen atoms in total. The molecule has 1 saturated heterocycles. The minimum absolute atomic E-state index is 0. The minimum atomic E-state index is -0.585. The lowest BCUT2D eigenvalue weighted by molar-refractivity contribution is -0.0517. The summed E-state index contributed by atoms with van der Waals surface area (Å²) in [6.45, 7) is 7.69. The second kappa shape index (κ2) is 10.3. The molecule has 1 aliphatic rings. The Morgan fingerprint density at radius 2 is 2.19 bits per heavy atom. The fraction of sp³-hybridized carbons (Fsp3) is 0.526. The van der Waals surface area contributed by atoms with Crippen LogP contribution in [-0.4, -0.2) is 64.8 Å². The Morgan fingerprint density at radius 1 is 1.37 bits per heavy atom. The first-order valence-corrected chi connectivity index (χ1v) is 9.27. The number of ether oxygens (including phenoxy) is 2. The number of rotatable bonds is 7. The van der Waals surface area contributed by atoms with E-state index in [4.69, 9.17) is 21.1 Å². The largest absolute Gasteiger partial charge is 0.489 e. The van der Waals surface area contributed by atoms with Crippen LogP contribution in [0, 0.1) is 13.8 Å². The second-order valence-corrected chi connectivity index (χ2v) is 7.30. The van der Waals surface area contributed by atoms with Gasteiger partial charge in [-0.2, -0.15) is 5.10 Å². The first kappa shape index (κ1) is 22.0. The van der Waals surface area contributed by atoms with Gasteiger partial charge in [-0.1, -0.05) is 17.7 Å². The van der Waals surface area contributed by atoms with Crippen LogP contribution in [0.1, 0.15) is 11.1 Å². The van der Waals surface area contributed by atoms with Crippen LogP contribution in [0.15, 0.2) is 30.6 Å². The highest BCUT2D eigenvalue weighted by molar-refractivity contribution is 6.32. The minimum Gasteiger partial charge on any atom is -0.489 e. The molecule has 1 aliphatic heterocycles. The summed E-state index contributed by atoms with van der Waals surface area (Å²) >= 11 is 6.16. The van der Waals surface area contributed by atoms with E-state index in [9.17, 15) is 5.11 Å². The smallest absolute Gasteiger partial charge is 0.138 e. The van der Waals surface area contributed by atoms with Crippen LogP contribution in [0.4, 0.5) is 0 Å². The van der Waals surface area contributed by atoms with Gasteiger partial charge in [0.15, 0.2) is 0 Å². The van der Waals surface area contributed by atoms with Crippen molar-refractivity contribution in [3.05, 3.63) is 46.7 Å². The molecule has 27 heavy (non-hydrogen) atoms. The van der Waals surface area contributed by atoms with Gasteiger partial charge in [-0.3, -0.25) is 9.58 Å². The van der Waals surface area contributed by atoms with Gasteiger partial charge in [0, 0.05) is 25.8 Å². The number of aryl methyl sites for hydroxylation is 2. The second-order valence-electron chi connectivity index (χ2n) is 6.89. The Labute approximate surface area is 171 Å². The molecular formula is C19H27Cl2N3O3. The molecule has 1 aromatic heterocycles. The summed E-state index contributed by atoms with van der Waals surface area (Å²) in [6, 6.07) is 5.63. The van der Waals surface area contributed by atoms with Crippen LogP contribution >= 0.6 is 24.0 Å². The van der Waals surface area contributed by atoms with Crippen molar-refractivity contribution in [2.24, 2.45) is 0 Å². The first-order chi connectivity index (χ1) is 12.5. The third-order valence-corrected chi connectivity index (χ3v) is 4.66. The Hall–Kier alpha value is -1.31. The fourth-order valence-corrected chi connectivity index (χ4v) is 3.38. The number of aliphatic hydroxyl groups is 1. The lowest BCUT2D eigenvalue weighted by Gasteiger charge is -2.34. The van der Waals surface area contributed by atoms with E-state index in [0.29, 0.717) is 23.9 Å². The van der Waals surface area contributed by atoms with Crippen LogP contribution < -0.4 is 4.74 Å². The zero-order valence-corrected chi connectivity index (χ0v) is 17.2. The SMILES string of the molecule is Cc1ccc(OCC(O)CN2CCOC(Cn3cc(C)cn3)C2)c(Cl)c1.Cl. The molecule has 0 saturated carbocycles. The van der Waals surface area contributed by atoms with E-state index in [1.165, 1.54) is 0 Å². The molecule has 0 spiro atoms. The van der Waals surface area contributed by atoms with Crippen molar-refractivity contribution < 1.29 is 14.6 Å². The van der Waals surface area contributed by atoms with Gasteiger partial charge < -0.3 is 14.6 Å². The Morgan fingerprint density at radius 3 is 2.89 bits per heavy atom. The van der Waals surface area contributed by atoms with Gasteiger partial charge in [0.25, 0.3) is 0 Å². The molecule has 8 heteroatoms. The van der Waals surface area contributed by atoms with E-state index in [0.717, 1.165) is 30.8 Å². The van der Waals surface area contributed by atoms with Crippen LogP contribution in [-0.2, 0) is 11.3 Å². The zero-order valence-electron chi connectivity index (χ0n) is 15.7. The lowest BCUT2D eigenvalue weighted by atomic mass is 10.2. The standard InChI is InChI=1S/C19H26ClN3O3.ClH/c1-14-3-4-19(18(20)7-14)26-13-16(24)10-22-5-6-25-17(11-22)12-23-9-15(2)8-21-23;/h3-4,7-9,16-17,24H,5-6,10-13H2,1-2H3;1H. The van der Waals surface area contributed by atoms with Crippen molar-refractivity contribution in [3.8, 4) is 5.75 Å². The normalized spacial score (nSPS) is 18.7. The number of aliphatic hydroxyl groups excluding tert-OH is 1. The maximum atomic E-state index is 10.3. The van der Waals surface area contributed by atoms with Crippen LogP contribution in [0.5, 0.6) is 5.75 Å². The average molecular weight is 416 g/mol. The highest BCUT2D eigenvalue weighted by atomic mass is 35.5. The number of morpholine rings is 1. The first-order valence-electron chi connectivity index (χ1n) is 8.89. The van der Waals surface area contributed by atoms with Crippen molar-refractivity contribution in [1.82, 2.24) is 14.7 Å². The van der Waals surface area contributed by atoms with Crippen molar-refractivity contribution in [2.75, 3.05) is 32.8 Å². The Kier molecular flexibility index (Phi) is 8.38. The average Bonchev–Trinajstić information content (AvgIpc) is 2.99. The number of hydrogen-bond acceptors (Lipinski definition) is 5. The number of aromatic nitrogens is 2. The van der Waals surface area contributed by atoms with Gasteiger partial charge in [-0.25, -0.2) is 0 Å². The van der Waals surface area contributed by atoms with Crippen molar-refractivity contribution in [2.45, 2.75) is 32.6 Å². The van der Waals surface area contributed by atoms with Crippen molar-refractivity contribution in [1.29, 1.82) is 0 Å². The molecule has 2 heterocycles. The molecule has 0 radical (unpaired) electrons. The molecule has 1 aromatic carbocycles. The van der Waals surface area contributed by atoms with Crippen molar-refractivity contribution >= 4 is 24.0 Å². The summed E-state index contributed by atoms with van der Waals surface area (Å²) in [5, 5.41) is 15.2. The monoisotopic (exact) mass is 415 g/mol. The van der Waals surface area contributed by atoms with Crippen LogP contribution in [0.25, 0.3) is 0 Å².